The molecule has 6 fully saturated rings. The molecule has 8 aliphatic carbocycles. The van der Waals surface area contributed by atoms with E-state index in [0.29, 0.717) is 34.4 Å². The number of halogens is 1. The van der Waals surface area contributed by atoms with Crippen LogP contribution in [-0.2, 0) is 23.7 Å². The number of alkyl halides is 1. The van der Waals surface area contributed by atoms with Crippen LogP contribution in [0.2, 0.25) is 0 Å². The number of ether oxygens (including phenoxy) is 5. The largest absolute Gasteiger partial charge is 1.00 e. The Kier molecular flexibility index (Phi) is 24.1. The smallest absolute Gasteiger partial charge is 1.00 e. The minimum absolute atomic E-state index is 0. The minimum Gasteiger partial charge on any atom is -1.00 e. The van der Waals surface area contributed by atoms with Crippen molar-refractivity contribution in [1.29, 1.82) is 0 Å². The second kappa shape index (κ2) is 27.3. The molecular weight excluding hydrogens is 944 g/mol. The third kappa shape index (κ3) is 13.7. The zero-order valence-corrected chi connectivity index (χ0v) is 51.8. The topological polar surface area (TPSA) is 66.4 Å². The standard InChI is InChI=1S/C31H54O3.C27H46O.C4H9BrO2.Na.H/c1-21(2)9-8-10-22(3)26-13-14-27-25-12-11-23-19-24(34-20-29(32-6)33-7)15-17-30(23,4)28(25)16-18-31(26,27)5;1-18(2)7-6-8-19(3)23-11-12-24-22-10-9-20-17-21(28)13-15-26(20,4)25(22)14-16-27(23,24)5;1-6-4(3-5)7-2;;/h11,21-22,24-29H,8-10,12-20H2,1-7H3;9,18-19,21-25,28H,6-8,10-17H2,1-5H3;4H,3H2,1-2H3;;/q;;;+1;-1/t22-,24+,25+,26-,27+,28+,30+,31-;19-,21+,22+,23-,24+,25+,26+,27-;;;/m11.../s1. The van der Waals surface area contributed by atoms with Gasteiger partial charge in [0.2, 0.25) is 0 Å². The molecule has 6 nitrogen and oxygen atoms in total. The third-order valence-corrected chi connectivity index (χ3v) is 22.7. The summed E-state index contributed by atoms with van der Waals surface area (Å²) in [5, 5.41) is 10.9. The summed E-state index contributed by atoms with van der Waals surface area (Å²) in [6.45, 7) is 25.8. The van der Waals surface area contributed by atoms with Gasteiger partial charge in [0, 0.05) is 28.4 Å². The van der Waals surface area contributed by atoms with Gasteiger partial charge in [-0.2, -0.15) is 0 Å². The van der Waals surface area contributed by atoms with Crippen molar-refractivity contribution >= 4 is 15.9 Å². The number of rotatable bonds is 18. The van der Waals surface area contributed by atoms with E-state index in [-0.39, 0.29) is 49.7 Å². The Morgan fingerprint density at radius 3 is 1.43 bits per heavy atom. The van der Waals surface area contributed by atoms with E-state index in [0.717, 1.165) is 95.6 Å². The van der Waals surface area contributed by atoms with Gasteiger partial charge in [-0.1, -0.05) is 147 Å². The first-order valence-electron chi connectivity index (χ1n) is 29.2. The molecule has 0 saturated heterocycles. The van der Waals surface area contributed by atoms with Crippen LogP contribution in [0.1, 0.15) is 212 Å². The van der Waals surface area contributed by atoms with Crippen molar-refractivity contribution in [3.05, 3.63) is 23.3 Å². The molecule has 8 rings (SSSR count). The van der Waals surface area contributed by atoms with Gasteiger partial charge in [-0.3, -0.25) is 0 Å². The first-order chi connectivity index (χ1) is 32.8. The Morgan fingerprint density at radius 2 is 1.01 bits per heavy atom. The first kappa shape index (κ1) is 61.6. The number of aliphatic hydroxyl groups excluding tert-OH is 1. The molecule has 1 N–H and O–H groups in total. The predicted molar refractivity (Wildman–Crippen MR) is 292 cm³/mol. The Morgan fingerprint density at radius 1 is 0.571 bits per heavy atom. The summed E-state index contributed by atoms with van der Waals surface area (Å²) < 4.78 is 26.5. The monoisotopic (exact) mass is 1050 g/mol. The average molecular weight is 1050 g/mol. The summed E-state index contributed by atoms with van der Waals surface area (Å²) in [7, 11) is 6.59. The van der Waals surface area contributed by atoms with Gasteiger partial charge in [0.1, 0.15) is 0 Å². The molecule has 0 aliphatic heterocycles. The van der Waals surface area contributed by atoms with E-state index in [1.54, 1.807) is 39.6 Å². The van der Waals surface area contributed by atoms with Gasteiger partial charge in [0.15, 0.2) is 12.6 Å². The summed E-state index contributed by atoms with van der Waals surface area (Å²) in [6.07, 6.45) is 34.8. The van der Waals surface area contributed by atoms with Gasteiger partial charge in [0.05, 0.1) is 24.1 Å². The molecule has 0 aromatic heterocycles. The minimum atomic E-state index is -0.253. The summed E-state index contributed by atoms with van der Waals surface area (Å²) in [6, 6.07) is 0. The molecule has 0 spiro atoms. The second-order valence-corrected chi connectivity index (χ2v) is 27.3. The van der Waals surface area contributed by atoms with Gasteiger partial charge in [0.25, 0.3) is 0 Å². The third-order valence-electron chi connectivity index (χ3n) is 22.2. The molecule has 70 heavy (non-hydrogen) atoms. The van der Waals surface area contributed by atoms with Crippen molar-refractivity contribution < 1.29 is 59.8 Å². The maximum absolute atomic E-state index is 10.2. The fourth-order valence-electron chi connectivity index (χ4n) is 18.1. The van der Waals surface area contributed by atoms with E-state index in [1.165, 1.54) is 122 Å². The van der Waals surface area contributed by atoms with Crippen molar-refractivity contribution in [2.45, 2.75) is 235 Å². The maximum Gasteiger partial charge on any atom is 1.00 e. The van der Waals surface area contributed by atoms with Gasteiger partial charge in [-0.15, -0.1) is 0 Å². The van der Waals surface area contributed by atoms with E-state index >= 15 is 0 Å². The number of methoxy groups -OCH3 is 4. The number of allylic oxidation sites excluding steroid dienone is 2. The van der Waals surface area contributed by atoms with E-state index in [9.17, 15) is 5.11 Å². The molecule has 8 aliphatic rings. The van der Waals surface area contributed by atoms with Crippen molar-refractivity contribution in [2.24, 2.45) is 92.7 Å². The molecule has 6 saturated carbocycles. The van der Waals surface area contributed by atoms with Crippen molar-refractivity contribution in [3.63, 3.8) is 0 Å². The Labute approximate surface area is 464 Å². The molecule has 0 aromatic rings. The van der Waals surface area contributed by atoms with Crippen LogP contribution in [0.5, 0.6) is 0 Å². The van der Waals surface area contributed by atoms with Crippen LogP contribution >= 0.6 is 15.9 Å². The number of hydrogen-bond acceptors (Lipinski definition) is 6. The molecule has 0 bridgehead atoms. The van der Waals surface area contributed by atoms with Crippen LogP contribution in [0.3, 0.4) is 0 Å². The van der Waals surface area contributed by atoms with E-state index < -0.39 is 0 Å². The molecule has 402 valence electrons. The summed E-state index contributed by atoms with van der Waals surface area (Å²) in [4.78, 5) is 0. The number of hydrogen-bond donors (Lipinski definition) is 1. The van der Waals surface area contributed by atoms with E-state index in [4.69, 9.17) is 23.7 Å². The van der Waals surface area contributed by atoms with Crippen LogP contribution < -0.4 is 29.6 Å². The summed E-state index contributed by atoms with van der Waals surface area (Å²) in [5.74, 6) is 10.9. The predicted octanol–water partition coefficient (Wildman–Crippen LogP) is 13.5. The van der Waals surface area contributed by atoms with E-state index in [2.05, 4.69) is 97.3 Å². The Balaban J connectivity index is 0.000000269. The molecule has 0 radical (unpaired) electrons. The zero-order chi connectivity index (χ0) is 50.3. The van der Waals surface area contributed by atoms with Crippen LogP contribution in [0.25, 0.3) is 0 Å². The summed E-state index contributed by atoms with van der Waals surface area (Å²) in [5.41, 5.74) is 5.28. The number of aliphatic hydroxyl groups is 1. The van der Waals surface area contributed by atoms with Crippen LogP contribution in [0.4, 0.5) is 0 Å². The summed E-state index contributed by atoms with van der Waals surface area (Å²) >= 11 is 3.19. The van der Waals surface area contributed by atoms with Crippen molar-refractivity contribution in [3.8, 4) is 0 Å². The van der Waals surface area contributed by atoms with Crippen molar-refractivity contribution in [2.75, 3.05) is 40.4 Å². The normalized spacial score (nSPS) is 39.4. The number of fused-ring (bicyclic) bond motifs is 10. The van der Waals surface area contributed by atoms with Gasteiger partial charge in [-0.25, -0.2) is 0 Å². The van der Waals surface area contributed by atoms with Crippen LogP contribution in [0, 0.1) is 92.7 Å². The van der Waals surface area contributed by atoms with Crippen molar-refractivity contribution in [1.82, 2.24) is 0 Å². The van der Waals surface area contributed by atoms with E-state index in [1.807, 2.05) is 0 Å². The SMILES string of the molecule is CC(C)CCC[C@@H](C)[C@H]1CC[C@H]2[C@@H]3CC=C4C[C@@H](O)CC[C@]4(C)[C@H]3CC[C@]12C.COC(CBr)OC.COC(CO[C@H]1CC[C@@]2(C)C(=CC[C@H]3[C@@H]4CC[C@H]([C@H](C)CCCC(C)C)[C@@]4(C)CC[C@@H]32)C1)OC.[H-].[Na+]. The average Bonchev–Trinajstić information content (AvgIpc) is 3.87. The molecule has 8 heteroatoms. The molecular formula is C62H110BrNaO6. The van der Waals surface area contributed by atoms with Crippen LogP contribution in [0.15, 0.2) is 23.3 Å². The molecule has 16 atom stereocenters. The molecule has 0 unspecified atom stereocenters. The Bertz CT molecular complexity index is 1630. The fourth-order valence-corrected chi connectivity index (χ4v) is 18.7. The second-order valence-electron chi connectivity index (χ2n) is 26.6. The van der Waals surface area contributed by atoms with Gasteiger partial charge < -0.3 is 30.2 Å². The zero-order valence-electron chi connectivity index (χ0n) is 49.2. The van der Waals surface area contributed by atoms with Crippen LogP contribution in [-0.4, -0.2) is 70.3 Å². The maximum atomic E-state index is 10.2. The fraction of sp³-hybridized carbons (Fsp3) is 0.935. The quantitative estimate of drug-likeness (QED) is 0.0639. The molecule has 0 aromatic carbocycles. The molecule has 0 amide bonds. The first-order valence-corrected chi connectivity index (χ1v) is 30.3. The van der Waals surface area contributed by atoms with Gasteiger partial charge >= 0.3 is 29.6 Å². The van der Waals surface area contributed by atoms with Gasteiger partial charge in [-0.05, 0) is 195 Å². The Hall–Kier alpha value is 0.720. The molecule has 0 heterocycles.